The number of hydrogen-bond donors (Lipinski definition) is 1. The molecule has 1 unspecified atom stereocenters. The summed E-state index contributed by atoms with van der Waals surface area (Å²) in [6, 6.07) is 6.42. The van der Waals surface area contributed by atoms with Crippen molar-refractivity contribution in [2.75, 3.05) is 0 Å². The summed E-state index contributed by atoms with van der Waals surface area (Å²) in [5, 5.41) is 3.73. The van der Waals surface area contributed by atoms with Gasteiger partial charge in [0, 0.05) is 12.1 Å². The van der Waals surface area contributed by atoms with E-state index in [1.807, 2.05) is 6.07 Å². The molecule has 0 aromatic heterocycles. The van der Waals surface area contributed by atoms with Crippen LogP contribution < -0.4 is 5.32 Å². The highest BCUT2D eigenvalue weighted by atomic mass is 19.1. The molecule has 1 aromatic rings. The van der Waals surface area contributed by atoms with Crippen LogP contribution in [0.3, 0.4) is 0 Å². The molecule has 16 heavy (non-hydrogen) atoms. The van der Waals surface area contributed by atoms with Crippen LogP contribution >= 0.6 is 0 Å². The van der Waals surface area contributed by atoms with E-state index in [-0.39, 0.29) is 5.82 Å². The SMILES string of the molecule is Fc1ccc2c(c1)CCC2NC1CCCC1. The topological polar surface area (TPSA) is 12.0 Å². The highest BCUT2D eigenvalue weighted by Gasteiger charge is 2.26. The zero-order chi connectivity index (χ0) is 11.0. The Balaban J connectivity index is 1.75. The normalized spacial score (nSPS) is 24.9. The van der Waals surface area contributed by atoms with Gasteiger partial charge in [0.1, 0.15) is 5.82 Å². The van der Waals surface area contributed by atoms with Crippen molar-refractivity contribution in [2.24, 2.45) is 0 Å². The Hall–Kier alpha value is -0.890. The van der Waals surface area contributed by atoms with Gasteiger partial charge in [0.15, 0.2) is 0 Å². The summed E-state index contributed by atoms with van der Waals surface area (Å²) >= 11 is 0. The van der Waals surface area contributed by atoms with E-state index in [9.17, 15) is 4.39 Å². The zero-order valence-corrected chi connectivity index (χ0v) is 9.51. The predicted octanol–water partition coefficient (Wildman–Crippen LogP) is 3.35. The van der Waals surface area contributed by atoms with E-state index in [2.05, 4.69) is 5.32 Å². The van der Waals surface area contributed by atoms with Gasteiger partial charge in [-0.2, -0.15) is 0 Å². The predicted molar refractivity (Wildman–Crippen MR) is 62.9 cm³/mol. The van der Waals surface area contributed by atoms with E-state index < -0.39 is 0 Å². The Kier molecular flexibility index (Phi) is 2.68. The summed E-state index contributed by atoms with van der Waals surface area (Å²) in [4.78, 5) is 0. The van der Waals surface area contributed by atoms with Crippen molar-refractivity contribution in [1.82, 2.24) is 5.32 Å². The van der Waals surface area contributed by atoms with Gasteiger partial charge in [-0.3, -0.25) is 0 Å². The van der Waals surface area contributed by atoms with Gasteiger partial charge in [0.25, 0.3) is 0 Å². The second-order valence-corrected chi connectivity index (χ2v) is 5.08. The summed E-state index contributed by atoms with van der Waals surface area (Å²) in [5.41, 5.74) is 2.53. The second kappa shape index (κ2) is 4.17. The summed E-state index contributed by atoms with van der Waals surface area (Å²) < 4.78 is 13.1. The van der Waals surface area contributed by atoms with Crippen molar-refractivity contribution in [3.8, 4) is 0 Å². The summed E-state index contributed by atoms with van der Waals surface area (Å²) in [5.74, 6) is -0.0970. The Morgan fingerprint density at radius 2 is 1.94 bits per heavy atom. The molecule has 1 atom stereocenters. The fourth-order valence-electron chi connectivity index (χ4n) is 3.14. The van der Waals surface area contributed by atoms with E-state index in [1.54, 1.807) is 12.1 Å². The van der Waals surface area contributed by atoms with Crippen LogP contribution in [-0.4, -0.2) is 6.04 Å². The van der Waals surface area contributed by atoms with Crippen LogP contribution in [0.15, 0.2) is 18.2 Å². The van der Waals surface area contributed by atoms with Crippen LogP contribution in [0.5, 0.6) is 0 Å². The third-order valence-corrected chi connectivity index (χ3v) is 3.97. The lowest BCUT2D eigenvalue weighted by Gasteiger charge is -2.19. The maximum Gasteiger partial charge on any atom is 0.123 e. The fraction of sp³-hybridized carbons (Fsp3) is 0.571. The first-order valence-electron chi connectivity index (χ1n) is 6.37. The third-order valence-electron chi connectivity index (χ3n) is 3.97. The van der Waals surface area contributed by atoms with Crippen LogP contribution in [0.25, 0.3) is 0 Å². The highest BCUT2D eigenvalue weighted by Crippen LogP contribution is 2.33. The maximum atomic E-state index is 13.1. The van der Waals surface area contributed by atoms with Gasteiger partial charge in [-0.15, -0.1) is 0 Å². The molecule has 0 bridgehead atoms. The maximum absolute atomic E-state index is 13.1. The quantitative estimate of drug-likeness (QED) is 0.804. The average Bonchev–Trinajstić information content (AvgIpc) is 2.89. The lowest BCUT2D eigenvalue weighted by atomic mass is 10.1. The lowest BCUT2D eigenvalue weighted by molar-refractivity contribution is 0.437. The molecule has 2 aliphatic carbocycles. The Morgan fingerprint density at radius 3 is 2.75 bits per heavy atom. The molecule has 0 heterocycles. The van der Waals surface area contributed by atoms with E-state index >= 15 is 0 Å². The Bertz CT molecular complexity index is 382. The van der Waals surface area contributed by atoms with Crippen molar-refractivity contribution in [1.29, 1.82) is 0 Å². The first-order valence-corrected chi connectivity index (χ1v) is 6.37. The van der Waals surface area contributed by atoms with E-state index in [1.165, 1.54) is 36.8 Å². The van der Waals surface area contributed by atoms with Gasteiger partial charge in [-0.1, -0.05) is 18.9 Å². The van der Waals surface area contributed by atoms with Crippen molar-refractivity contribution in [2.45, 2.75) is 50.6 Å². The minimum absolute atomic E-state index is 0.0970. The molecule has 0 radical (unpaired) electrons. The zero-order valence-electron chi connectivity index (χ0n) is 9.51. The van der Waals surface area contributed by atoms with Gasteiger partial charge >= 0.3 is 0 Å². The van der Waals surface area contributed by atoms with Crippen molar-refractivity contribution in [3.63, 3.8) is 0 Å². The Morgan fingerprint density at radius 1 is 1.12 bits per heavy atom. The molecule has 3 rings (SSSR count). The first-order chi connectivity index (χ1) is 7.83. The smallest absolute Gasteiger partial charge is 0.123 e. The number of aryl methyl sites for hydroxylation is 1. The van der Waals surface area contributed by atoms with Gasteiger partial charge in [0.05, 0.1) is 0 Å². The molecule has 0 amide bonds. The van der Waals surface area contributed by atoms with E-state index in [0.717, 1.165) is 12.8 Å². The van der Waals surface area contributed by atoms with Gasteiger partial charge in [-0.05, 0) is 48.9 Å². The summed E-state index contributed by atoms with van der Waals surface area (Å²) in [6.45, 7) is 0. The van der Waals surface area contributed by atoms with Crippen LogP contribution in [0, 0.1) is 5.82 Å². The van der Waals surface area contributed by atoms with Crippen LogP contribution in [0.2, 0.25) is 0 Å². The number of hydrogen-bond acceptors (Lipinski definition) is 1. The Labute approximate surface area is 96.1 Å². The molecule has 1 saturated carbocycles. The molecule has 2 heteroatoms. The molecule has 0 aliphatic heterocycles. The molecule has 1 fully saturated rings. The van der Waals surface area contributed by atoms with Crippen molar-refractivity contribution >= 4 is 0 Å². The standard InChI is InChI=1S/C14H18FN/c15-11-6-7-13-10(9-11)5-8-14(13)16-12-3-1-2-4-12/h6-7,9,12,14,16H,1-5,8H2. The second-order valence-electron chi connectivity index (χ2n) is 5.08. The monoisotopic (exact) mass is 219 g/mol. The van der Waals surface area contributed by atoms with Crippen LogP contribution in [0.1, 0.15) is 49.3 Å². The number of fused-ring (bicyclic) bond motifs is 1. The largest absolute Gasteiger partial charge is 0.307 e. The van der Waals surface area contributed by atoms with E-state index in [4.69, 9.17) is 0 Å². The average molecular weight is 219 g/mol. The van der Waals surface area contributed by atoms with Gasteiger partial charge in [0.2, 0.25) is 0 Å². The summed E-state index contributed by atoms with van der Waals surface area (Å²) in [6.07, 6.45) is 7.51. The molecule has 2 aliphatic rings. The molecular weight excluding hydrogens is 201 g/mol. The minimum atomic E-state index is -0.0970. The number of rotatable bonds is 2. The van der Waals surface area contributed by atoms with Crippen molar-refractivity contribution in [3.05, 3.63) is 35.1 Å². The first kappa shape index (κ1) is 10.3. The molecule has 1 N–H and O–H groups in total. The number of halogens is 1. The van der Waals surface area contributed by atoms with Gasteiger partial charge in [-0.25, -0.2) is 4.39 Å². The molecular formula is C14H18FN. The molecule has 86 valence electrons. The fourth-order valence-corrected chi connectivity index (χ4v) is 3.14. The minimum Gasteiger partial charge on any atom is -0.307 e. The number of benzene rings is 1. The summed E-state index contributed by atoms with van der Waals surface area (Å²) in [7, 11) is 0. The lowest BCUT2D eigenvalue weighted by Crippen LogP contribution is -2.29. The van der Waals surface area contributed by atoms with Crippen LogP contribution in [0.4, 0.5) is 4.39 Å². The van der Waals surface area contributed by atoms with Crippen LogP contribution in [-0.2, 0) is 6.42 Å². The van der Waals surface area contributed by atoms with Gasteiger partial charge < -0.3 is 5.32 Å². The number of nitrogens with one attached hydrogen (secondary N) is 1. The molecule has 0 spiro atoms. The van der Waals surface area contributed by atoms with Crippen molar-refractivity contribution < 1.29 is 4.39 Å². The third kappa shape index (κ3) is 1.86. The molecule has 0 saturated heterocycles. The van der Waals surface area contributed by atoms with E-state index in [0.29, 0.717) is 12.1 Å². The molecule has 1 aromatic carbocycles. The molecule has 1 nitrogen and oxygen atoms in total. The highest BCUT2D eigenvalue weighted by molar-refractivity contribution is 5.35.